The fourth-order valence-corrected chi connectivity index (χ4v) is 3.08. The van der Waals surface area contributed by atoms with Crippen molar-refractivity contribution in [3.8, 4) is 17.3 Å². The lowest BCUT2D eigenvalue weighted by Crippen LogP contribution is -2.21. The molecular formula is C23H21N5O. The SMILES string of the molecule is Cc1cccc(-c2nccc(N(CCc3ccc(O)cc3)c3cccnc3)n2)n1. The Morgan fingerprint density at radius 1 is 0.897 bits per heavy atom. The molecule has 0 bridgehead atoms. The molecule has 6 nitrogen and oxygen atoms in total. The summed E-state index contributed by atoms with van der Waals surface area (Å²) in [6, 6.07) is 18.9. The molecule has 0 amide bonds. The molecule has 0 atom stereocenters. The molecule has 0 unspecified atom stereocenters. The number of pyridine rings is 2. The molecule has 4 rings (SSSR count). The number of phenolic OH excluding ortho intramolecular Hbond substituents is 1. The van der Waals surface area contributed by atoms with Gasteiger partial charge in [-0.15, -0.1) is 0 Å². The van der Waals surface area contributed by atoms with Crippen LogP contribution < -0.4 is 4.90 Å². The van der Waals surface area contributed by atoms with Crippen LogP contribution in [0.1, 0.15) is 11.3 Å². The normalized spacial score (nSPS) is 10.7. The van der Waals surface area contributed by atoms with Gasteiger partial charge in [0.1, 0.15) is 17.3 Å². The molecule has 29 heavy (non-hydrogen) atoms. The average molecular weight is 383 g/mol. The first-order chi connectivity index (χ1) is 14.2. The predicted octanol–water partition coefficient (Wildman–Crippen LogP) is 4.33. The van der Waals surface area contributed by atoms with Crippen LogP contribution in [0.4, 0.5) is 11.5 Å². The van der Waals surface area contributed by atoms with Gasteiger partial charge in [-0.1, -0.05) is 18.2 Å². The molecule has 3 heterocycles. The van der Waals surface area contributed by atoms with Crippen molar-refractivity contribution < 1.29 is 5.11 Å². The molecule has 1 aromatic carbocycles. The molecule has 0 aliphatic rings. The number of hydrogen-bond donors (Lipinski definition) is 1. The Morgan fingerprint density at radius 2 is 1.76 bits per heavy atom. The lowest BCUT2D eigenvalue weighted by Gasteiger charge is -2.24. The van der Waals surface area contributed by atoms with E-state index >= 15 is 0 Å². The summed E-state index contributed by atoms with van der Waals surface area (Å²) in [5.41, 5.74) is 3.75. The molecule has 1 N–H and O–H groups in total. The summed E-state index contributed by atoms with van der Waals surface area (Å²) in [5, 5.41) is 9.51. The third-order valence-electron chi connectivity index (χ3n) is 4.55. The van der Waals surface area contributed by atoms with Crippen molar-refractivity contribution in [2.75, 3.05) is 11.4 Å². The van der Waals surface area contributed by atoms with Gasteiger partial charge in [0, 0.05) is 24.6 Å². The Labute approximate surface area is 169 Å². The first-order valence-corrected chi connectivity index (χ1v) is 9.41. The zero-order valence-corrected chi connectivity index (χ0v) is 16.1. The second-order valence-electron chi connectivity index (χ2n) is 6.68. The lowest BCUT2D eigenvalue weighted by atomic mass is 10.1. The number of anilines is 2. The number of aryl methyl sites for hydroxylation is 1. The minimum absolute atomic E-state index is 0.268. The number of rotatable bonds is 6. The molecule has 0 radical (unpaired) electrons. The summed E-state index contributed by atoms with van der Waals surface area (Å²) >= 11 is 0. The number of benzene rings is 1. The van der Waals surface area contributed by atoms with E-state index in [9.17, 15) is 5.11 Å². The highest BCUT2D eigenvalue weighted by Gasteiger charge is 2.13. The molecular weight excluding hydrogens is 362 g/mol. The first kappa shape index (κ1) is 18.6. The molecule has 3 aromatic heterocycles. The molecule has 0 spiro atoms. The van der Waals surface area contributed by atoms with Crippen LogP contribution in [0.15, 0.2) is 79.3 Å². The highest BCUT2D eigenvalue weighted by atomic mass is 16.3. The van der Waals surface area contributed by atoms with Crippen LogP contribution in [-0.4, -0.2) is 31.6 Å². The van der Waals surface area contributed by atoms with Gasteiger partial charge in [-0.25, -0.2) is 15.0 Å². The fourth-order valence-electron chi connectivity index (χ4n) is 3.08. The molecule has 4 aromatic rings. The zero-order chi connectivity index (χ0) is 20.1. The predicted molar refractivity (Wildman–Crippen MR) is 113 cm³/mol. The molecule has 0 saturated heterocycles. The van der Waals surface area contributed by atoms with E-state index in [1.807, 2.05) is 61.7 Å². The number of aromatic nitrogens is 4. The van der Waals surface area contributed by atoms with Gasteiger partial charge in [0.05, 0.1) is 11.9 Å². The second-order valence-corrected chi connectivity index (χ2v) is 6.68. The first-order valence-electron chi connectivity index (χ1n) is 9.41. The van der Waals surface area contributed by atoms with Gasteiger partial charge < -0.3 is 10.0 Å². The van der Waals surface area contributed by atoms with Crippen LogP contribution in [0.25, 0.3) is 11.5 Å². The zero-order valence-electron chi connectivity index (χ0n) is 16.1. The molecule has 144 valence electrons. The summed E-state index contributed by atoms with van der Waals surface area (Å²) < 4.78 is 0. The maximum Gasteiger partial charge on any atom is 0.180 e. The van der Waals surface area contributed by atoms with Crippen molar-refractivity contribution in [3.63, 3.8) is 0 Å². The van der Waals surface area contributed by atoms with Gasteiger partial charge in [-0.05, 0) is 61.4 Å². The van der Waals surface area contributed by atoms with Crippen molar-refractivity contribution in [1.82, 2.24) is 19.9 Å². The van der Waals surface area contributed by atoms with Crippen LogP contribution >= 0.6 is 0 Å². The standard InChI is InChI=1S/C23H21N5O/c1-17-4-2-6-21(26-17)23-25-14-11-22(27-23)28(19-5-3-13-24-16-19)15-12-18-7-9-20(29)10-8-18/h2-11,13-14,16,29H,12,15H2,1H3. The highest BCUT2D eigenvalue weighted by Crippen LogP contribution is 2.25. The van der Waals surface area contributed by atoms with Crippen LogP contribution in [0.5, 0.6) is 5.75 Å². The van der Waals surface area contributed by atoms with E-state index in [0.29, 0.717) is 12.4 Å². The monoisotopic (exact) mass is 383 g/mol. The summed E-state index contributed by atoms with van der Waals surface area (Å²) in [6.07, 6.45) is 6.12. The maximum absolute atomic E-state index is 9.51. The summed E-state index contributed by atoms with van der Waals surface area (Å²) in [5.74, 6) is 1.64. The van der Waals surface area contributed by atoms with Gasteiger partial charge in [-0.2, -0.15) is 0 Å². The topological polar surface area (TPSA) is 75.0 Å². The van der Waals surface area contributed by atoms with Crippen molar-refractivity contribution in [1.29, 1.82) is 0 Å². The molecule has 0 aliphatic carbocycles. The van der Waals surface area contributed by atoms with Crippen LogP contribution in [0, 0.1) is 6.92 Å². The maximum atomic E-state index is 9.51. The Hall–Kier alpha value is -3.80. The third kappa shape index (κ3) is 4.55. The third-order valence-corrected chi connectivity index (χ3v) is 4.55. The average Bonchev–Trinajstić information content (AvgIpc) is 2.76. The molecule has 6 heteroatoms. The highest BCUT2D eigenvalue weighted by molar-refractivity contribution is 5.61. The van der Waals surface area contributed by atoms with E-state index < -0.39 is 0 Å². The van der Waals surface area contributed by atoms with Gasteiger partial charge in [0.25, 0.3) is 0 Å². The van der Waals surface area contributed by atoms with Gasteiger partial charge in [-0.3, -0.25) is 4.98 Å². The Kier molecular flexibility index (Phi) is 5.42. The molecule has 0 fully saturated rings. The van der Waals surface area contributed by atoms with Crippen LogP contribution in [-0.2, 0) is 6.42 Å². The van der Waals surface area contributed by atoms with Gasteiger partial charge in [0.15, 0.2) is 5.82 Å². The second kappa shape index (κ2) is 8.48. The molecule has 0 aliphatic heterocycles. The van der Waals surface area contributed by atoms with E-state index in [-0.39, 0.29) is 5.75 Å². The van der Waals surface area contributed by atoms with E-state index in [0.717, 1.165) is 34.9 Å². The minimum atomic E-state index is 0.268. The number of aromatic hydroxyl groups is 1. The minimum Gasteiger partial charge on any atom is -0.508 e. The largest absolute Gasteiger partial charge is 0.508 e. The quantitative estimate of drug-likeness (QED) is 0.534. The summed E-state index contributed by atoms with van der Waals surface area (Å²) in [6.45, 7) is 2.65. The Bertz CT molecular complexity index is 1080. The molecule has 0 saturated carbocycles. The van der Waals surface area contributed by atoms with E-state index in [1.165, 1.54) is 0 Å². The fraction of sp³-hybridized carbons (Fsp3) is 0.130. The number of hydrogen-bond acceptors (Lipinski definition) is 6. The Morgan fingerprint density at radius 3 is 2.52 bits per heavy atom. The lowest BCUT2D eigenvalue weighted by molar-refractivity contribution is 0.475. The van der Waals surface area contributed by atoms with Gasteiger partial charge in [0.2, 0.25) is 0 Å². The number of phenols is 1. The number of nitrogens with zero attached hydrogens (tertiary/aromatic N) is 5. The van der Waals surface area contributed by atoms with E-state index in [1.54, 1.807) is 24.5 Å². The van der Waals surface area contributed by atoms with E-state index in [2.05, 4.69) is 19.9 Å². The van der Waals surface area contributed by atoms with Gasteiger partial charge >= 0.3 is 0 Å². The van der Waals surface area contributed by atoms with Crippen molar-refractivity contribution in [3.05, 3.63) is 90.5 Å². The summed E-state index contributed by atoms with van der Waals surface area (Å²) in [4.78, 5) is 20.1. The summed E-state index contributed by atoms with van der Waals surface area (Å²) in [7, 11) is 0. The Balaban J connectivity index is 1.66. The van der Waals surface area contributed by atoms with Crippen LogP contribution in [0.3, 0.4) is 0 Å². The smallest absolute Gasteiger partial charge is 0.180 e. The van der Waals surface area contributed by atoms with Crippen molar-refractivity contribution >= 4 is 11.5 Å². The van der Waals surface area contributed by atoms with E-state index in [4.69, 9.17) is 4.98 Å². The van der Waals surface area contributed by atoms with Crippen LogP contribution in [0.2, 0.25) is 0 Å². The van der Waals surface area contributed by atoms with Crippen molar-refractivity contribution in [2.45, 2.75) is 13.3 Å². The van der Waals surface area contributed by atoms with Crippen molar-refractivity contribution in [2.24, 2.45) is 0 Å².